The Morgan fingerprint density at radius 3 is 1.62 bits per heavy atom. The molecule has 4 heteroatoms. The van der Waals surface area contributed by atoms with E-state index in [1.165, 1.54) is 0 Å². The van der Waals surface area contributed by atoms with Gasteiger partial charge < -0.3 is 19.1 Å². The highest BCUT2D eigenvalue weighted by Gasteiger charge is 2.45. The maximum atomic E-state index is 10.9. The van der Waals surface area contributed by atoms with Crippen molar-refractivity contribution in [2.75, 3.05) is 0 Å². The van der Waals surface area contributed by atoms with Gasteiger partial charge in [-0.25, -0.2) is 0 Å². The minimum Gasteiger partial charge on any atom is -0.362 e. The number of fused-ring (bicyclic) bond motifs is 1. The molecule has 0 aromatic rings. The third kappa shape index (κ3) is 2.04. The van der Waals surface area contributed by atoms with E-state index in [1.54, 1.807) is 0 Å². The molecule has 2 fully saturated rings. The minimum atomic E-state index is -0.667. The van der Waals surface area contributed by atoms with Gasteiger partial charge in [-0.2, -0.15) is 0 Å². The van der Waals surface area contributed by atoms with E-state index >= 15 is 0 Å². The number of rotatable bonds is 2. The molecule has 90 valence electrons. The fourth-order valence-corrected chi connectivity index (χ4v) is 2.48. The summed E-state index contributed by atoms with van der Waals surface area (Å²) in [6, 6.07) is 0. The van der Waals surface area contributed by atoms with Crippen molar-refractivity contribution in [3.8, 4) is 0 Å². The van der Waals surface area contributed by atoms with E-state index in [-0.39, 0.29) is 12.2 Å². The fourth-order valence-electron chi connectivity index (χ4n) is 2.48. The third-order valence-corrected chi connectivity index (χ3v) is 3.60. The van der Waals surface area contributed by atoms with Gasteiger partial charge in [0.1, 0.15) is 11.2 Å². The van der Waals surface area contributed by atoms with Crippen molar-refractivity contribution >= 4 is 12.6 Å². The van der Waals surface area contributed by atoms with Gasteiger partial charge in [-0.15, -0.1) is 0 Å². The Bertz CT molecular complexity index is 273. The Balaban J connectivity index is 2.05. The molecule has 2 heterocycles. The molecule has 0 amide bonds. The summed E-state index contributed by atoms with van der Waals surface area (Å²) in [5.41, 5.74) is -1.33. The Kier molecular flexibility index (Phi) is 2.88. The van der Waals surface area contributed by atoms with Crippen molar-refractivity contribution in [2.45, 2.75) is 62.9 Å². The molecule has 0 aromatic carbocycles. The molecule has 16 heavy (non-hydrogen) atoms. The lowest BCUT2D eigenvalue weighted by Crippen LogP contribution is -2.54. The molecule has 0 aliphatic carbocycles. The normalized spacial score (nSPS) is 48.1. The van der Waals surface area contributed by atoms with Crippen LogP contribution in [0.25, 0.3) is 0 Å². The van der Waals surface area contributed by atoms with E-state index in [9.17, 15) is 9.59 Å². The average molecular weight is 226 g/mol. The maximum absolute atomic E-state index is 10.9. The number of hydrogen-bond donors (Lipinski definition) is 0. The van der Waals surface area contributed by atoms with Gasteiger partial charge in [0.05, 0.1) is 12.2 Å². The van der Waals surface area contributed by atoms with Gasteiger partial charge in [-0.3, -0.25) is 0 Å². The number of aldehydes is 2. The maximum Gasteiger partial charge on any atom is 0.151 e. The molecule has 0 bridgehead atoms. The molecule has 0 spiro atoms. The second-order valence-electron chi connectivity index (χ2n) is 5.25. The summed E-state index contributed by atoms with van der Waals surface area (Å²) < 4.78 is 11.5. The van der Waals surface area contributed by atoms with Gasteiger partial charge in [-0.05, 0) is 39.5 Å². The molecule has 4 atom stereocenters. The van der Waals surface area contributed by atoms with Crippen LogP contribution < -0.4 is 0 Å². The highest BCUT2D eigenvalue weighted by atomic mass is 16.6. The number of carbonyl (C=O) groups excluding carboxylic acids is 2. The molecule has 4 nitrogen and oxygen atoms in total. The van der Waals surface area contributed by atoms with Crippen LogP contribution in [0.2, 0.25) is 0 Å². The predicted octanol–water partition coefficient (Wildman–Crippen LogP) is 1.26. The standard InChI is InChI=1S/C12H18O4/c1-11(7-13)5-3-10-9(15-11)4-6-12(2,8-14)16-10/h7-10H,3-6H2,1-2H3/t9-,10+,11+,12-. The number of carbonyl (C=O) groups is 2. The second-order valence-corrected chi connectivity index (χ2v) is 5.25. The first-order valence-electron chi connectivity index (χ1n) is 5.79. The van der Waals surface area contributed by atoms with Crippen molar-refractivity contribution < 1.29 is 19.1 Å². The summed E-state index contributed by atoms with van der Waals surface area (Å²) in [6.07, 6.45) is 4.54. The average Bonchev–Trinajstić information content (AvgIpc) is 2.30. The zero-order valence-electron chi connectivity index (χ0n) is 9.77. The van der Waals surface area contributed by atoms with E-state index < -0.39 is 11.2 Å². The predicted molar refractivity (Wildman–Crippen MR) is 57.2 cm³/mol. The quantitative estimate of drug-likeness (QED) is 0.665. The first kappa shape index (κ1) is 11.7. The van der Waals surface area contributed by atoms with E-state index in [1.807, 2.05) is 13.8 Å². The highest BCUT2D eigenvalue weighted by Crippen LogP contribution is 2.38. The Hall–Kier alpha value is -0.740. The molecule has 2 aliphatic heterocycles. The van der Waals surface area contributed by atoms with Crippen LogP contribution in [0.15, 0.2) is 0 Å². The van der Waals surface area contributed by atoms with Crippen molar-refractivity contribution in [2.24, 2.45) is 0 Å². The van der Waals surface area contributed by atoms with Crippen LogP contribution >= 0.6 is 0 Å². The SMILES string of the molecule is C[C@]1(C=O)CC[C@H]2O[C@](C)(C=O)CC[C@@H]2O1. The lowest BCUT2D eigenvalue weighted by Gasteiger charge is -2.46. The molecule has 0 N–H and O–H groups in total. The van der Waals surface area contributed by atoms with Gasteiger partial charge in [0.15, 0.2) is 12.6 Å². The van der Waals surface area contributed by atoms with Gasteiger partial charge in [0.25, 0.3) is 0 Å². The smallest absolute Gasteiger partial charge is 0.151 e. The third-order valence-electron chi connectivity index (χ3n) is 3.60. The minimum absolute atomic E-state index is 0.0445. The van der Waals surface area contributed by atoms with Crippen LogP contribution in [0.1, 0.15) is 39.5 Å². The van der Waals surface area contributed by atoms with Crippen LogP contribution in [0.4, 0.5) is 0 Å². The molecule has 0 aromatic heterocycles. The first-order valence-corrected chi connectivity index (χ1v) is 5.79. The summed E-state index contributed by atoms with van der Waals surface area (Å²) in [5.74, 6) is 0. The Labute approximate surface area is 95.3 Å². The van der Waals surface area contributed by atoms with Crippen LogP contribution in [-0.2, 0) is 19.1 Å². The zero-order chi connectivity index (χ0) is 11.8. The summed E-state index contributed by atoms with van der Waals surface area (Å²) in [6.45, 7) is 3.62. The van der Waals surface area contributed by atoms with Gasteiger partial charge >= 0.3 is 0 Å². The molecular formula is C12H18O4. The monoisotopic (exact) mass is 226 g/mol. The summed E-state index contributed by atoms with van der Waals surface area (Å²) in [7, 11) is 0. The Morgan fingerprint density at radius 1 is 0.938 bits per heavy atom. The topological polar surface area (TPSA) is 52.6 Å². The molecule has 0 saturated carbocycles. The van der Waals surface area contributed by atoms with Crippen molar-refractivity contribution in [1.29, 1.82) is 0 Å². The first-order chi connectivity index (χ1) is 7.50. The molecular weight excluding hydrogens is 208 g/mol. The lowest BCUT2D eigenvalue weighted by molar-refractivity contribution is -0.228. The van der Waals surface area contributed by atoms with E-state index in [0.717, 1.165) is 25.4 Å². The largest absolute Gasteiger partial charge is 0.362 e. The lowest BCUT2D eigenvalue weighted by atomic mass is 9.85. The summed E-state index contributed by atoms with van der Waals surface area (Å²) >= 11 is 0. The highest BCUT2D eigenvalue weighted by molar-refractivity contribution is 5.63. The van der Waals surface area contributed by atoms with Crippen LogP contribution in [-0.4, -0.2) is 36.0 Å². The van der Waals surface area contributed by atoms with Crippen molar-refractivity contribution in [3.05, 3.63) is 0 Å². The zero-order valence-corrected chi connectivity index (χ0v) is 9.77. The molecule has 2 saturated heterocycles. The number of ether oxygens (including phenoxy) is 2. The van der Waals surface area contributed by atoms with Gasteiger partial charge in [-0.1, -0.05) is 0 Å². The summed E-state index contributed by atoms with van der Waals surface area (Å²) in [5, 5.41) is 0. The number of hydrogen-bond acceptors (Lipinski definition) is 4. The molecule has 0 unspecified atom stereocenters. The molecule has 0 radical (unpaired) electrons. The Morgan fingerprint density at radius 2 is 1.31 bits per heavy atom. The molecule has 2 aliphatic rings. The van der Waals surface area contributed by atoms with Crippen LogP contribution in [0.3, 0.4) is 0 Å². The van der Waals surface area contributed by atoms with Gasteiger partial charge in [0, 0.05) is 0 Å². The van der Waals surface area contributed by atoms with Crippen molar-refractivity contribution in [3.63, 3.8) is 0 Å². The summed E-state index contributed by atoms with van der Waals surface area (Å²) in [4.78, 5) is 21.8. The molecule has 2 rings (SSSR count). The van der Waals surface area contributed by atoms with E-state index in [2.05, 4.69) is 0 Å². The van der Waals surface area contributed by atoms with E-state index in [0.29, 0.717) is 12.8 Å². The van der Waals surface area contributed by atoms with E-state index in [4.69, 9.17) is 9.47 Å². The van der Waals surface area contributed by atoms with Gasteiger partial charge in [0.2, 0.25) is 0 Å². The van der Waals surface area contributed by atoms with Crippen molar-refractivity contribution in [1.82, 2.24) is 0 Å². The van der Waals surface area contributed by atoms with Crippen LogP contribution in [0, 0.1) is 0 Å². The van der Waals surface area contributed by atoms with Crippen LogP contribution in [0.5, 0.6) is 0 Å². The second kappa shape index (κ2) is 3.93. The fraction of sp³-hybridized carbons (Fsp3) is 0.833.